The van der Waals surface area contributed by atoms with Crippen molar-refractivity contribution in [1.29, 1.82) is 0 Å². The first-order valence-electron chi connectivity index (χ1n) is 34.2. The van der Waals surface area contributed by atoms with Crippen molar-refractivity contribution in [3.63, 3.8) is 0 Å². The molecule has 6 aromatic carbocycles. The second kappa shape index (κ2) is 34.5. The number of hydrogen-bond acceptors (Lipinski definition) is 11. The number of amides is 4. The maximum absolute atomic E-state index is 14.7. The second-order valence-electron chi connectivity index (χ2n) is 25.2. The SMILES string of the molecule is CCCCN(CCCC)C(=O)c1cc(C)n(-c2ccc(-c3ccc(S(=O)N4CCOCC4)cc3)cc2C(=O)N2Cc3ccccc3C[C@H]2CO)n1.CCCCN(CCCC)C(=O)c1cc(C)n(-c2ccc(-c3cccc(OC)c3)cc2C(=O)N2Cc3ccccc3C[C@H]2CO)n1.O. The molecule has 20 heteroatoms. The lowest BCUT2D eigenvalue weighted by Gasteiger charge is -2.36. The van der Waals surface area contributed by atoms with E-state index in [2.05, 4.69) is 39.8 Å². The third kappa shape index (κ3) is 17.0. The largest absolute Gasteiger partial charge is 0.497 e. The van der Waals surface area contributed by atoms with Gasteiger partial charge < -0.3 is 44.8 Å². The molecule has 11 rings (SSSR count). The molecule has 4 amide bonds. The van der Waals surface area contributed by atoms with Crippen molar-refractivity contribution in [3.05, 3.63) is 202 Å². The topological polar surface area (TPSA) is 228 Å². The summed E-state index contributed by atoms with van der Waals surface area (Å²) in [6.45, 7) is 17.9. The Labute approximate surface area is 573 Å². The van der Waals surface area contributed by atoms with Crippen molar-refractivity contribution in [2.24, 2.45) is 0 Å². The summed E-state index contributed by atoms with van der Waals surface area (Å²) in [6, 6.07) is 45.8. The number of ether oxygens (including phenoxy) is 2. The number of rotatable bonds is 25. The number of morpholine rings is 1. The van der Waals surface area contributed by atoms with Crippen LogP contribution in [0, 0.1) is 13.8 Å². The van der Waals surface area contributed by atoms with Crippen LogP contribution < -0.4 is 4.74 Å². The van der Waals surface area contributed by atoms with E-state index < -0.39 is 11.0 Å². The maximum Gasteiger partial charge on any atom is 0.274 e. The number of benzene rings is 6. The van der Waals surface area contributed by atoms with Gasteiger partial charge in [-0.15, -0.1) is 0 Å². The van der Waals surface area contributed by atoms with Gasteiger partial charge in [-0.05, 0) is 158 Å². The van der Waals surface area contributed by atoms with Gasteiger partial charge in [0.15, 0.2) is 11.4 Å². The zero-order chi connectivity index (χ0) is 67.8. The van der Waals surface area contributed by atoms with E-state index in [-0.39, 0.29) is 54.4 Å². The van der Waals surface area contributed by atoms with Crippen molar-refractivity contribution < 1.29 is 48.6 Å². The summed E-state index contributed by atoms with van der Waals surface area (Å²) in [4.78, 5) is 64.7. The normalized spacial score (nSPS) is 15.5. The summed E-state index contributed by atoms with van der Waals surface area (Å²) in [5.41, 5.74) is 12.1. The first-order chi connectivity index (χ1) is 46.7. The molecule has 0 saturated carbocycles. The minimum absolute atomic E-state index is 0. The van der Waals surface area contributed by atoms with E-state index in [1.54, 1.807) is 32.3 Å². The number of aromatic nitrogens is 4. The molecule has 0 bridgehead atoms. The van der Waals surface area contributed by atoms with Crippen LogP contribution in [0.15, 0.2) is 150 Å². The van der Waals surface area contributed by atoms with Crippen molar-refractivity contribution in [1.82, 2.24) is 43.5 Å². The smallest absolute Gasteiger partial charge is 0.274 e. The average molecular weight is 1340 g/mol. The van der Waals surface area contributed by atoms with E-state index in [1.807, 2.05) is 155 Å². The first-order valence-corrected chi connectivity index (χ1v) is 35.3. The molecule has 8 aromatic rings. The van der Waals surface area contributed by atoms with Crippen LogP contribution >= 0.6 is 0 Å². The lowest BCUT2D eigenvalue weighted by Crippen LogP contribution is -2.46. The number of carbonyl (C=O) groups is 4. The molecule has 1 unspecified atom stereocenters. The highest BCUT2D eigenvalue weighted by molar-refractivity contribution is 7.82. The molecular formula is C77H95N9O10S. The van der Waals surface area contributed by atoms with Gasteiger partial charge in [-0.25, -0.2) is 17.9 Å². The fourth-order valence-corrected chi connectivity index (χ4v) is 14.0. The Morgan fingerprint density at radius 3 is 1.37 bits per heavy atom. The fourth-order valence-electron chi connectivity index (χ4n) is 12.9. The van der Waals surface area contributed by atoms with Crippen molar-refractivity contribution >= 4 is 34.6 Å². The van der Waals surface area contributed by atoms with Gasteiger partial charge in [0.1, 0.15) is 16.7 Å². The number of hydrogen-bond donors (Lipinski definition) is 2. The van der Waals surface area contributed by atoms with Gasteiger partial charge in [0.05, 0.1) is 73.0 Å². The van der Waals surface area contributed by atoms with Gasteiger partial charge >= 0.3 is 0 Å². The van der Waals surface area contributed by atoms with E-state index in [0.717, 1.165) is 113 Å². The molecular weight excluding hydrogens is 1240 g/mol. The Hall–Kier alpha value is -8.63. The molecule has 1 saturated heterocycles. The maximum atomic E-state index is 14.7. The van der Waals surface area contributed by atoms with Crippen LogP contribution in [-0.4, -0.2) is 172 Å². The fraction of sp³-hybridized carbons (Fsp3) is 0.403. The van der Waals surface area contributed by atoms with Gasteiger partial charge in [-0.3, -0.25) is 19.2 Å². The first kappa shape index (κ1) is 72.6. The molecule has 0 radical (unpaired) electrons. The number of aliphatic hydroxyl groups excluding tert-OH is 2. The average Bonchev–Trinajstić information content (AvgIpc) is 1.77. The zero-order valence-electron chi connectivity index (χ0n) is 57.3. The van der Waals surface area contributed by atoms with E-state index >= 15 is 0 Å². The predicted molar refractivity (Wildman–Crippen MR) is 380 cm³/mol. The third-order valence-electron chi connectivity index (χ3n) is 18.5. The zero-order valence-corrected chi connectivity index (χ0v) is 58.1. The van der Waals surface area contributed by atoms with Crippen molar-refractivity contribution in [3.8, 4) is 39.4 Å². The quantitative estimate of drug-likeness (QED) is 0.0547. The highest BCUT2D eigenvalue weighted by Gasteiger charge is 2.35. The lowest BCUT2D eigenvalue weighted by molar-refractivity contribution is 0.0539. The minimum Gasteiger partial charge on any atom is -0.497 e. The monoisotopic (exact) mass is 1340 g/mol. The molecule has 514 valence electrons. The summed E-state index contributed by atoms with van der Waals surface area (Å²) < 4.78 is 29.4. The standard InChI is InChI=1S/C40H49N5O5S.C37H44N4O4.H2O/c1-4-6-18-42(19-7-5-2)40(48)37-24-29(3)45(41-37)38-17-14-32(30-12-15-35(16-13-30)51(49)43-20-22-50-23-21-43)26-36(38)39(47)44-27-33-11-9-8-10-31(33)25-34(44)28-46;1-5-7-18-39(19-8-6-2)37(44)34-20-26(3)41(38-34)35-17-16-29(28-14-11-15-32(22-28)45-4)23-33(35)36(43)40-24-30-13-10-9-12-27(30)21-31(40)25-42;/h8-17,24,26,34,46H,4-7,18-23,25,27-28H2,1-3H3;9-17,20,22-23,31,42H,5-8,18-19,21,24-25H2,1-4H3;1H2/t34-,51?;31-;/m00./s1. The van der Waals surface area contributed by atoms with Gasteiger partial charge in [-0.1, -0.05) is 138 Å². The van der Waals surface area contributed by atoms with E-state index in [4.69, 9.17) is 19.7 Å². The van der Waals surface area contributed by atoms with Crippen LogP contribution in [0.2, 0.25) is 0 Å². The Bertz CT molecular complexity index is 4000. The molecule has 1 fully saturated rings. The van der Waals surface area contributed by atoms with Crippen LogP contribution in [0.4, 0.5) is 0 Å². The molecule has 0 spiro atoms. The van der Waals surface area contributed by atoms with Crippen LogP contribution in [0.3, 0.4) is 0 Å². The summed E-state index contributed by atoms with van der Waals surface area (Å²) >= 11 is 0. The summed E-state index contributed by atoms with van der Waals surface area (Å²) in [7, 11) is 0.343. The Balaban J connectivity index is 0.000000227. The number of methoxy groups -OCH3 is 1. The summed E-state index contributed by atoms with van der Waals surface area (Å²) in [5.74, 6) is 0.108. The molecule has 3 aliphatic rings. The van der Waals surface area contributed by atoms with Crippen LogP contribution in [0.5, 0.6) is 5.75 Å². The van der Waals surface area contributed by atoms with Crippen molar-refractivity contribution in [2.75, 3.05) is 72.8 Å². The molecule has 2 aromatic heterocycles. The van der Waals surface area contributed by atoms with Crippen LogP contribution in [0.25, 0.3) is 33.6 Å². The number of unbranched alkanes of at least 4 members (excludes halogenated alkanes) is 4. The number of aryl methyl sites for hydroxylation is 2. The van der Waals surface area contributed by atoms with Crippen LogP contribution in [0.1, 0.15) is 154 Å². The summed E-state index contributed by atoms with van der Waals surface area (Å²) in [6.07, 6.45) is 8.84. The predicted octanol–water partition coefficient (Wildman–Crippen LogP) is 11.4. The molecule has 3 atom stereocenters. The third-order valence-corrected chi connectivity index (χ3v) is 20.0. The molecule has 5 heterocycles. The van der Waals surface area contributed by atoms with E-state index in [0.29, 0.717) is 117 Å². The molecule has 3 aliphatic heterocycles. The Morgan fingerprint density at radius 2 is 0.948 bits per heavy atom. The molecule has 0 aliphatic carbocycles. The highest BCUT2D eigenvalue weighted by atomic mass is 32.2. The summed E-state index contributed by atoms with van der Waals surface area (Å²) in [5, 5.41) is 30.4. The molecule has 19 nitrogen and oxygen atoms in total. The van der Waals surface area contributed by atoms with Gasteiger partial charge in [0.2, 0.25) is 0 Å². The van der Waals surface area contributed by atoms with Gasteiger partial charge in [0, 0.05) is 63.7 Å². The minimum atomic E-state index is -1.29. The highest BCUT2D eigenvalue weighted by Crippen LogP contribution is 2.34. The van der Waals surface area contributed by atoms with Gasteiger partial charge in [0.25, 0.3) is 23.6 Å². The van der Waals surface area contributed by atoms with E-state index in [1.165, 1.54) is 0 Å². The molecule has 97 heavy (non-hydrogen) atoms. The van der Waals surface area contributed by atoms with E-state index in [9.17, 15) is 33.6 Å². The van der Waals surface area contributed by atoms with Crippen molar-refractivity contribution in [2.45, 2.75) is 136 Å². The Morgan fingerprint density at radius 1 is 0.536 bits per heavy atom. The number of carbonyl (C=O) groups excluding carboxylic acids is 4. The number of nitrogens with zero attached hydrogens (tertiary/aromatic N) is 9. The second-order valence-corrected chi connectivity index (χ2v) is 26.6. The van der Waals surface area contributed by atoms with Gasteiger partial charge in [-0.2, -0.15) is 10.2 Å². The molecule has 4 N–H and O–H groups in total. The number of aliphatic hydroxyl groups is 2. The van der Waals surface area contributed by atoms with Crippen LogP contribution in [-0.2, 0) is 41.7 Å². The number of fused-ring (bicyclic) bond motifs is 2. The lowest BCUT2D eigenvalue weighted by atomic mass is 9.93. The Kier molecular flexibility index (Phi) is 25.9.